The maximum atomic E-state index is 12.4. The molecular weight excluding hydrogens is 292 g/mol. The second kappa shape index (κ2) is 5.18. The molecule has 0 bridgehead atoms. The lowest BCUT2D eigenvalue weighted by Crippen LogP contribution is -2.48. The summed E-state index contributed by atoms with van der Waals surface area (Å²) in [7, 11) is 1.63. The monoisotopic (exact) mass is 310 g/mol. The summed E-state index contributed by atoms with van der Waals surface area (Å²) in [5.41, 5.74) is 0.945. The molecule has 1 N–H and O–H groups in total. The third kappa shape index (κ3) is 1.89. The van der Waals surface area contributed by atoms with Gasteiger partial charge in [0.05, 0.1) is 12.7 Å². The van der Waals surface area contributed by atoms with Crippen LogP contribution in [-0.4, -0.2) is 24.8 Å². The molecule has 1 saturated heterocycles. The Morgan fingerprint density at radius 2 is 1.83 bits per heavy atom. The highest BCUT2D eigenvalue weighted by Crippen LogP contribution is 2.54. The molecule has 2 aromatic rings. The fraction of sp³-hybridized carbons (Fsp3) is 0.316. The predicted molar refractivity (Wildman–Crippen MR) is 83.6 cm³/mol. The highest BCUT2D eigenvalue weighted by Gasteiger charge is 2.59. The topological polar surface area (TPSA) is 55.8 Å². The summed E-state index contributed by atoms with van der Waals surface area (Å²) in [6.45, 7) is 0.269. The van der Waals surface area contributed by atoms with Crippen molar-refractivity contribution in [2.24, 2.45) is 11.8 Å². The SMILES string of the molecule is CO[C@H]1c2ccccc2[C@](O)(c2ccccc2)[C@H]2C(=O)OC[C@@H]12. The van der Waals surface area contributed by atoms with Crippen LogP contribution in [0.1, 0.15) is 22.8 Å². The van der Waals surface area contributed by atoms with Gasteiger partial charge in [0.2, 0.25) is 0 Å². The van der Waals surface area contributed by atoms with E-state index in [0.29, 0.717) is 5.56 Å². The number of fused-ring (bicyclic) bond motifs is 2. The van der Waals surface area contributed by atoms with Crippen molar-refractivity contribution in [3.8, 4) is 0 Å². The number of ether oxygens (including phenoxy) is 2. The summed E-state index contributed by atoms with van der Waals surface area (Å²) in [6.07, 6.45) is -0.258. The van der Waals surface area contributed by atoms with Gasteiger partial charge in [0.1, 0.15) is 11.5 Å². The first-order valence-electron chi connectivity index (χ1n) is 7.74. The predicted octanol–water partition coefficient (Wildman–Crippen LogP) is 2.41. The van der Waals surface area contributed by atoms with Gasteiger partial charge in [-0.3, -0.25) is 4.79 Å². The molecule has 1 aliphatic carbocycles. The summed E-state index contributed by atoms with van der Waals surface area (Å²) in [5, 5.41) is 11.7. The number of methoxy groups -OCH3 is 1. The van der Waals surface area contributed by atoms with Gasteiger partial charge in [-0.2, -0.15) is 0 Å². The Morgan fingerprint density at radius 1 is 1.13 bits per heavy atom. The third-order valence-electron chi connectivity index (χ3n) is 5.08. The molecule has 23 heavy (non-hydrogen) atoms. The largest absolute Gasteiger partial charge is 0.465 e. The minimum atomic E-state index is -1.40. The van der Waals surface area contributed by atoms with Gasteiger partial charge >= 0.3 is 5.97 Å². The Hall–Kier alpha value is -2.17. The Morgan fingerprint density at radius 3 is 2.57 bits per heavy atom. The molecule has 2 aliphatic rings. The number of rotatable bonds is 2. The fourth-order valence-corrected chi connectivity index (χ4v) is 4.10. The fourth-order valence-electron chi connectivity index (χ4n) is 4.10. The second-order valence-corrected chi connectivity index (χ2v) is 6.15. The van der Waals surface area contributed by atoms with Gasteiger partial charge in [-0.25, -0.2) is 0 Å². The van der Waals surface area contributed by atoms with Crippen LogP contribution in [-0.2, 0) is 19.9 Å². The first-order valence-corrected chi connectivity index (χ1v) is 7.74. The highest BCUT2D eigenvalue weighted by atomic mass is 16.5. The first kappa shape index (κ1) is 14.4. The minimum absolute atomic E-state index is 0.201. The van der Waals surface area contributed by atoms with Crippen LogP contribution in [0.15, 0.2) is 54.6 Å². The normalized spacial score (nSPS) is 32.1. The molecular formula is C19H18O4. The standard InChI is InChI=1S/C19H18O4/c1-22-17-13-9-5-6-10-15(13)19(21,12-7-3-2-4-8-12)16-14(17)11-23-18(16)20/h2-10,14,16-17,21H,11H2,1H3/t14-,16-,17+,19-/m1/s1. The van der Waals surface area contributed by atoms with E-state index in [2.05, 4.69) is 0 Å². The van der Waals surface area contributed by atoms with Crippen molar-refractivity contribution in [3.05, 3.63) is 71.3 Å². The van der Waals surface area contributed by atoms with Gasteiger partial charge < -0.3 is 14.6 Å². The van der Waals surface area contributed by atoms with E-state index < -0.39 is 11.5 Å². The van der Waals surface area contributed by atoms with Crippen LogP contribution in [0.5, 0.6) is 0 Å². The number of aliphatic hydroxyl groups is 1. The van der Waals surface area contributed by atoms with Crippen LogP contribution in [0.4, 0.5) is 0 Å². The van der Waals surface area contributed by atoms with Crippen molar-refractivity contribution < 1.29 is 19.4 Å². The maximum absolute atomic E-state index is 12.4. The van der Waals surface area contributed by atoms with E-state index in [-0.39, 0.29) is 24.6 Å². The van der Waals surface area contributed by atoms with Crippen molar-refractivity contribution in [2.75, 3.05) is 13.7 Å². The zero-order chi connectivity index (χ0) is 16.0. The molecule has 4 nitrogen and oxygen atoms in total. The van der Waals surface area contributed by atoms with Crippen LogP contribution in [0.3, 0.4) is 0 Å². The Kier molecular flexibility index (Phi) is 3.25. The molecule has 0 spiro atoms. The van der Waals surface area contributed by atoms with Crippen molar-refractivity contribution >= 4 is 5.97 Å². The molecule has 1 fully saturated rings. The van der Waals surface area contributed by atoms with Crippen LogP contribution in [0, 0.1) is 11.8 Å². The zero-order valence-electron chi connectivity index (χ0n) is 12.8. The molecule has 118 valence electrons. The number of carbonyl (C=O) groups excluding carboxylic acids is 1. The van der Waals surface area contributed by atoms with Gasteiger partial charge in [0.25, 0.3) is 0 Å². The molecule has 4 heteroatoms. The van der Waals surface area contributed by atoms with Crippen LogP contribution in [0.25, 0.3) is 0 Å². The van der Waals surface area contributed by atoms with Gasteiger partial charge in [-0.1, -0.05) is 54.6 Å². The van der Waals surface area contributed by atoms with Crippen LogP contribution in [0.2, 0.25) is 0 Å². The van der Waals surface area contributed by atoms with Crippen LogP contribution < -0.4 is 0 Å². The minimum Gasteiger partial charge on any atom is -0.465 e. The van der Waals surface area contributed by atoms with Crippen molar-refractivity contribution in [1.29, 1.82) is 0 Å². The third-order valence-corrected chi connectivity index (χ3v) is 5.08. The summed E-state index contributed by atoms with van der Waals surface area (Å²) in [6, 6.07) is 17.0. The highest BCUT2D eigenvalue weighted by molar-refractivity contribution is 5.79. The number of carbonyl (C=O) groups is 1. The van der Waals surface area contributed by atoms with E-state index in [1.165, 1.54) is 0 Å². The molecule has 0 saturated carbocycles. The van der Waals surface area contributed by atoms with E-state index in [4.69, 9.17) is 9.47 Å². The summed E-state index contributed by atoms with van der Waals surface area (Å²) in [5.74, 6) is -1.23. The van der Waals surface area contributed by atoms with E-state index in [9.17, 15) is 9.90 Å². The van der Waals surface area contributed by atoms with E-state index >= 15 is 0 Å². The van der Waals surface area contributed by atoms with Crippen molar-refractivity contribution in [1.82, 2.24) is 0 Å². The molecule has 0 amide bonds. The average Bonchev–Trinajstić information content (AvgIpc) is 2.99. The number of esters is 1. The van der Waals surface area contributed by atoms with Gasteiger partial charge in [0, 0.05) is 13.0 Å². The maximum Gasteiger partial charge on any atom is 0.313 e. The number of hydrogen-bond acceptors (Lipinski definition) is 4. The second-order valence-electron chi connectivity index (χ2n) is 6.15. The molecule has 4 rings (SSSR count). The lowest BCUT2D eigenvalue weighted by molar-refractivity contribution is -0.149. The Bertz CT molecular complexity index is 742. The summed E-state index contributed by atoms with van der Waals surface area (Å²) >= 11 is 0. The van der Waals surface area contributed by atoms with E-state index in [1.54, 1.807) is 7.11 Å². The zero-order valence-corrected chi connectivity index (χ0v) is 12.8. The van der Waals surface area contributed by atoms with Gasteiger partial charge in [-0.05, 0) is 16.7 Å². The average molecular weight is 310 g/mol. The first-order chi connectivity index (χ1) is 11.2. The summed E-state index contributed by atoms with van der Waals surface area (Å²) < 4.78 is 11.0. The molecule has 1 aliphatic heterocycles. The van der Waals surface area contributed by atoms with E-state index in [1.807, 2.05) is 54.6 Å². The van der Waals surface area contributed by atoms with Crippen molar-refractivity contribution in [3.63, 3.8) is 0 Å². The van der Waals surface area contributed by atoms with Gasteiger partial charge in [-0.15, -0.1) is 0 Å². The molecule has 0 aromatic heterocycles. The molecule has 4 atom stereocenters. The molecule has 0 radical (unpaired) electrons. The van der Waals surface area contributed by atoms with Gasteiger partial charge in [0.15, 0.2) is 0 Å². The lowest BCUT2D eigenvalue weighted by Gasteiger charge is -2.44. The Balaban J connectivity index is 2.01. The van der Waals surface area contributed by atoms with Crippen LogP contribution >= 0.6 is 0 Å². The lowest BCUT2D eigenvalue weighted by atomic mass is 9.63. The van der Waals surface area contributed by atoms with Crippen molar-refractivity contribution in [2.45, 2.75) is 11.7 Å². The quantitative estimate of drug-likeness (QED) is 0.866. The summed E-state index contributed by atoms with van der Waals surface area (Å²) in [4.78, 5) is 12.4. The number of cyclic esters (lactones) is 1. The number of hydrogen-bond donors (Lipinski definition) is 1. The van der Waals surface area contributed by atoms with E-state index in [0.717, 1.165) is 11.1 Å². The number of benzene rings is 2. The molecule has 0 unspecified atom stereocenters. The molecule has 2 aromatic carbocycles. The molecule has 1 heterocycles. The Labute approximate surface area is 134 Å². The smallest absolute Gasteiger partial charge is 0.313 e.